The molecule has 0 radical (unpaired) electrons. The number of benzene rings is 2. The van der Waals surface area contributed by atoms with Crippen molar-refractivity contribution in [3.63, 3.8) is 0 Å². The number of rotatable bonds is 6. The number of carbonyl (C=O) groups is 1. The first-order valence-corrected chi connectivity index (χ1v) is 10.9. The monoisotopic (exact) mass is 473 g/mol. The quantitative estimate of drug-likeness (QED) is 0.503. The van der Waals surface area contributed by atoms with Crippen molar-refractivity contribution in [2.45, 2.75) is 50.4 Å². The van der Waals surface area contributed by atoms with Gasteiger partial charge in [0, 0.05) is 17.9 Å². The molecule has 4 rings (SSSR count). The summed E-state index contributed by atoms with van der Waals surface area (Å²) >= 11 is 0. The molecule has 0 amide bonds. The number of quaternary nitrogens is 1. The SMILES string of the molecule is C[N+]1(Cc2ccccc2)CCC(OC(=O)C(O)(c2ccccc2)C2CCCC2)C1.[Br-]. The molecule has 1 aliphatic heterocycles. The third-order valence-electron chi connectivity index (χ3n) is 6.79. The molecule has 30 heavy (non-hydrogen) atoms. The molecule has 0 aromatic heterocycles. The first-order valence-electron chi connectivity index (χ1n) is 10.9. The fourth-order valence-electron chi connectivity index (χ4n) is 5.19. The Bertz CT molecular complexity index is 825. The lowest BCUT2D eigenvalue weighted by atomic mass is 9.80. The Morgan fingerprint density at radius 2 is 1.63 bits per heavy atom. The molecule has 0 bridgehead atoms. The van der Waals surface area contributed by atoms with E-state index in [4.69, 9.17) is 4.74 Å². The predicted octanol–water partition coefficient (Wildman–Crippen LogP) is 1.03. The van der Waals surface area contributed by atoms with Crippen LogP contribution >= 0.6 is 0 Å². The van der Waals surface area contributed by atoms with Crippen molar-refractivity contribution in [3.05, 3.63) is 71.8 Å². The normalized spacial score (nSPS) is 26.0. The van der Waals surface area contributed by atoms with Gasteiger partial charge in [-0.3, -0.25) is 0 Å². The first-order chi connectivity index (χ1) is 14.0. The number of halogens is 1. The fraction of sp³-hybridized carbons (Fsp3) is 0.480. The molecule has 162 valence electrons. The average Bonchev–Trinajstić information content (AvgIpc) is 3.39. The van der Waals surface area contributed by atoms with Crippen molar-refractivity contribution in [1.29, 1.82) is 0 Å². The predicted molar refractivity (Wildman–Crippen MR) is 113 cm³/mol. The van der Waals surface area contributed by atoms with Crippen LogP contribution in [0.4, 0.5) is 0 Å². The zero-order valence-electron chi connectivity index (χ0n) is 17.7. The molecule has 1 heterocycles. The Kier molecular flexibility index (Phi) is 7.38. The van der Waals surface area contributed by atoms with Gasteiger partial charge in [0.2, 0.25) is 0 Å². The van der Waals surface area contributed by atoms with Crippen molar-refractivity contribution in [3.8, 4) is 0 Å². The van der Waals surface area contributed by atoms with Crippen LogP contribution in [0.1, 0.15) is 43.2 Å². The summed E-state index contributed by atoms with van der Waals surface area (Å²) in [7, 11) is 2.22. The third-order valence-corrected chi connectivity index (χ3v) is 6.79. The number of hydrogen-bond acceptors (Lipinski definition) is 3. The van der Waals surface area contributed by atoms with E-state index in [-0.39, 0.29) is 29.0 Å². The molecule has 4 nitrogen and oxygen atoms in total. The number of esters is 1. The Labute approximate surface area is 190 Å². The van der Waals surface area contributed by atoms with Crippen molar-refractivity contribution in [2.24, 2.45) is 5.92 Å². The maximum atomic E-state index is 13.3. The maximum absolute atomic E-state index is 13.3. The van der Waals surface area contributed by atoms with E-state index in [1.165, 1.54) is 5.56 Å². The molecule has 1 aliphatic carbocycles. The van der Waals surface area contributed by atoms with Gasteiger partial charge in [-0.25, -0.2) is 4.79 Å². The largest absolute Gasteiger partial charge is 1.00 e. The summed E-state index contributed by atoms with van der Waals surface area (Å²) in [6, 6.07) is 19.8. The van der Waals surface area contributed by atoms with E-state index in [1.54, 1.807) is 0 Å². The van der Waals surface area contributed by atoms with Gasteiger partial charge in [0.05, 0.1) is 13.6 Å². The van der Waals surface area contributed by atoms with E-state index in [0.29, 0.717) is 5.56 Å². The lowest BCUT2D eigenvalue weighted by molar-refractivity contribution is -0.912. The second-order valence-electron chi connectivity index (χ2n) is 9.10. The Hall–Kier alpha value is -1.69. The van der Waals surface area contributed by atoms with Crippen LogP contribution in [0, 0.1) is 5.92 Å². The summed E-state index contributed by atoms with van der Waals surface area (Å²) in [6.45, 7) is 2.69. The second-order valence-corrected chi connectivity index (χ2v) is 9.10. The Balaban J connectivity index is 0.00000256. The number of likely N-dealkylation sites (N-methyl/N-ethyl adjacent to an activating group) is 1. The van der Waals surface area contributed by atoms with Gasteiger partial charge in [-0.05, 0) is 18.4 Å². The van der Waals surface area contributed by atoms with Gasteiger partial charge in [0.1, 0.15) is 13.1 Å². The maximum Gasteiger partial charge on any atom is 0.343 e. The van der Waals surface area contributed by atoms with Gasteiger partial charge < -0.3 is 31.3 Å². The highest BCUT2D eigenvalue weighted by Gasteiger charge is 2.49. The van der Waals surface area contributed by atoms with Crippen LogP contribution in [0.15, 0.2) is 60.7 Å². The molecule has 3 atom stereocenters. The second kappa shape index (κ2) is 9.63. The Morgan fingerprint density at radius 1 is 1.03 bits per heavy atom. The van der Waals surface area contributed by atoms with Crippen molar-refractivity contribution < 1.29 is 36.1 Å². The molecule has 2 fully saturated rings. The van der Waals surface area contributed by atoms with E-state index in [0.717, 1.165) is 56.2 Å². The van der Waals surface area contributed by atoms with Gasteiger partial charge >= 0.3 is 5.97 Å². The average molecular weight is 474 g/mol. The van der Waals surface area contributed by atoms with Gasteiger partial charge in [-0.2, -0.15) is 0 Å². The number of carbonyl (C=O) groups excluding carboxylic acids is 1. The van der Waals surface area contributed by atoms with Crippen LogP contribution in [0.3, 0.4) is 0 Å². The van der Waals surface area contributed by atoms with Crippen LogP contribution in [-0.2, 0) is 21.7 Å². The van der Waals surface area contributed by atoms with Crippen LogP contribution in [-0.4, -0.2) is 41.8 Å². The fourth-order valence-corrected chi connectivity index (χ4v) is 5.19. The summed E-state index contributed by atoms with van der Waals surface area (Å²) in [5, 5.41) is 11.6. The highest BCUT2D eigenvalue weighted by atomic mass is 79.9. The van der Waals surface area contributed by atoms with Crippen molar-refractivity contribution >= 4 is 5.97 Å². The van der Waals surface area contributed by atoms with E-state index in [1.807, 2.05) is 36.4 Å². The van der Waals surface area contributed by atoms with E-state index < -0.39 is 11.6 Å². The van der Waals surface area contributed by atoms with E-state index >= 15 is 0 Å². The lowest BCUT2D eigenvalue weighted by Crippen LogP contribution is -3.00. The van der Waals surface area contributed by atoms with Gasteiger partial charge in [-0.15, -0.1) is 0 Å². The number of ether oxygens (including phenoxy) is 1. The highest BCUT2D eigenvalue weighted by Crippen LogP contribution is 2.42. The van der Waals surface area contributed by atoms with Crippen molar-refractivity contribution in [1.82, 2.24) is 0 Å². The van der Waals surface area contributed by atoms with Gasteiger partial charge in [-0.1, -0.05) is 73.5 Å². The summed E-state index contributed by atoms with van der Waals surface area (Å²) in [5.41, 5.74) is 0.425. The molecule has 2 aliphatic rings. The van der Waals surface area contributed by atoms with E-state index in [2.05, 4.69) is 31.3 Å². The topological polar surface area (TPSA) is 46.5 Å². The summed E-state index contributed by atoms with van der Waals surface area (Å²) in [6.07, 6.45) is 4.54. The minimum absolute atomic E-state index is 0. The van der Waals surface area contributed by atoms with Crippen molar-refractivity contribution in [2.75, 3.05) is 20.1 Å². The van der Waals surface area contributed by atoms with Crippen LogP contribution in [0.5, 0.6) is 0 Å². The molecule has 2 aromatic rings. The summed E-state index contributed by atoms with van der Waals surface area (Å²) < 4.78 is 6.83. The minimum Gasteiger partial charge on any atom is -1.00 e. The summed E-state index contributed by atoms with van der Waals surface area (Å²) in [5.74, 6) is -0.530. The smallest absolute Gasteiger partial charge is 0.343 e. The highest BCUT2D eigenvalue weighted by molar-refractivity contribution is 5.81. The number of aliphatic hydroxyl groups is 1. The first kappa shape index (κ1) is 23.0. The molecule has 2 aromatic carbocycles. The minimum atomic E-state index is -1.54. The molecular formula is C25H32BrNO3. The molecule has 1 N–H and O–H groups in total. The lowest BCUT2D eigenvalue weighted by Gasteiger charge is -2.33. The number of nitrogens with zero attached hydrogens (tertiary/aromatic N) is 1. The van der Waals surface area contributed by atoms with Crippen LogP contribution < -0.4 is 17.0 Å². The van der Waals surface area contributed by atoms with Crippen LogP contribution in [0.25, 0.3) is 0 Å². The number of likely N-dealkylation sites (tertiary alicyclic amines) is 1. The van der Waals surface area contributed by atoms with Gasteiger partial charge in [0.15, 0.2) is 11.7 Å². The van der Waals surface area contributed by atoms with Gasteiger partial charge in [0.25, 0.3) is 0 Å². The third kappa shape index (κ3) is 4.79. The molecule has 1 saturated carbocycles. The molecule has 5 heteroatoms. The summed E-state index contributed by atoms with van der Waals surface area (Å²) in [4.78, 5) is 13.3. The Morgan fingerprint density at radius 3 is 2.27 bits per heavy atom. The standard InChI is InChI=1S/C25H32NO3.BrH/c1-26(18-20-10-4-2-5-11-20)17-16-23(19-26)29-24(27)25(28,22-14-8-9-15-22)21-12-6-3-7-13-21;/h2-7,10-13,22-23,28H,8-9,14-19H2,1H3;1H/q+1;/p-1. The van der Waals surface area contributed by atoms with E-state index in [9.17, 15) is 9.90 Å². The molecule has 3 unspecified atom stereocenters. The molecular weight excluding hydrogens is 442 g/mol. The van der Waals surface area contributed by atoms with Crippen LogP contribution in [0.2, 0.25) is 0 Å². The zero-order chi connectivity index (χ0) is 20.3. The number of hydrogen-bond donors (Lipinski definition) is 1. The molecule has 1 saturated heterocycles. The molecule has 0 spiro atoms. The zero-order valence-corrected chi connectivity index (χ0v) is 19.3.